The zero-order chi connectivity index (χ0) is 17.8. The van der Waals surface area contributed by atoms with Gasteiger partial charge in [0.05, 0.1) is 6.10 Å². The molecule has 1 unspecified atom stereocenters. The number of rotatable bonds is 9. The van der Waals surface area contributed by atoms with Crippen molar-refractivity contribution in [3.8, 4) is 0 Å². The monoisotopic (exact) mass is 340 g/mol. The molecule has 0 aromatic carbocycles. The number of ether oxygens (including phenoxy) is 1. The molecule has 1 heterocycles. The fourth-order valence-corrected chi connectivity index (χ4v) is 2.89. The van der Waals surface area contributed by atoms with E-state index < -0.39 is 0 Å². The number of carbonyl (C=O) groups is 1. The van der Waals surface area contributed by atoms with Crippen LogP contribution in [0.2, 0.25) is 0 Å². The summed E-state index contributed by atoms with van der Waals surface area (Å²) in [5, 5.41) is 6.51. The minimum Gasteiger partial charge on any atom is -0.378 e. The first-order valence-electron chi connectivity index (χ1n) is 9.50. The average molecular weight is 341 g/mol. The molecule has 0 aliphatic carbocycles. The number of hydrogen-bond donors (Lipinski definition) is 2. The largest absolute Gasteiger partial charge is 0.378 e. The van der Waals surface area contributed by atoms with Crippen LogP contribution < -0.4 is 10.6 Å². The van der Waals surface area contributed by atoms with E-state index in [0.29, 0.717) is 11.9 Å². The van der Waals surface area contributed by atoms with Crippen LogP contribution in [0.25, 0.3) is 0 Å². The summed E-state index contributed by atoms with van der Waals surface area (Å²) >= 11 is 0. The molecule has 1 aliphatic rings. The molecule has 1 amide bonds. The van der Waals surface area contributed by atoms with Gasteiger partial charge < -0.3 is 20.3 Å². The number of aliphatic imine (C=N–C) groups is 1. The summed E-state index contributed by atoms with van der Waals surface area (Å²) in [7, 11) is 0. The van der Waals surface area contributed by atoms with Crippen LogP contribution in [-0.2, 0) is 9.53 Å². The van der Waals surface area contributed by atoms with Crippen LogP contribution in [-0.4, -0.2) is 62.2 Å². The lowest BCUT2D eigenvalue weighted by Gasteiger charge is -2.26. The van der Waals surface area contributed by atoms with Crippen molar-refractivity contribution >= 4 is 11.9 Å². The number of nitrogens with zero attached hydrogens (tertiary/aromatic N) is 2. The minimum atomic E-state index is 0.126. The van der Waals surface area contributed by atoms with E-state index in [2.05, 4.69) is 29.5 Å². The predicted molar refractivity (Wildman–Crippen MR) is 99.3 cm³/mol. The molecule has 0 bridgehead atoms. The number of hydrogen-bond acceptors (Lipinski definition) is 3. The molecule has 1 aliphatic heterocycles. The van der Waals surface area contributed by atoms with Gasteiger partial charge in [-0.25, -0.2) is 4.99 Å². The van der Waals surface area contributed by atoms with Crippen molar-refractivity contribution in [1.29, 1.82) is 0 Å². The van der Waals surface area contributed by atoms with Crippen LogP contribution in [0.3, 0.4) is 0 Å². The second kappa shape index (κ2) is 12.1. The molecule has 140 valence electrons. The first-order chi connectivity index (χ1) is 11.6. The molecule has 6 heteroatoms. The second-order valence-corrected chi connectivity index (χ2v) is 6.59. The maximum Gasteiger partial charge on any atom is 0.244 e. The average Bonchev–Trinajstić information content (AvgIpc) is 2.59. The Hall–Kier alpha value is -1.30. The molecule has 1 saturated heterocycles. The Balaban J connectivity index is 2.42. The summed E-state index contributed by atoms with van der Waals surface area (Å²) < 4.78 is 5.76. The molecule has 1 fully saturated rings. The number of guanidine groups is 1. The predicted octanol–water partition coefficient (Wildman–Crippen LogP) is 2.01. The summed E-state index contributed by atoms with van der Waals surface area (Å²) in [4.78, 5) is 18.6. The Morgan fingerprint density at radius 1 is 1.17 bits per heavy atom. The Labute approximate surface area is 147 Å². The van der Waals surface area contributed by atoms with Gasteiger partial charge in [-0.3, -0.25) is 4.79 Å². The molecule has 0 radical (unpaired) electrons. The molecule has 0 spiro atoms. The van der Waals surface area contributed by atoms with Gasteiger partial charge in [0, 0.05) is 32.8 Å². The smallest absolute Gasteiger partial charge is 0.244 e. The van der Waals surface area contributed by atoms with E-state index in [1.807, 2.05) is 18.7 Å². The van der Waals surface area contributed by atoms with Crippen molar-refractivity contribution in [2.24, 2.45) is 10.9 Å². The van der Waals surface area contributed by atoms with Crippen molar-refractivity contribution in [1.82, 2.24) is 15.5 Å². The molecule has 0 aromatic rings. The Morgan fingerprint density at radius 2 is 1.88 bits per heavy atom. The van der Waals surface area contributed by atoms with Gasteiger partial charge in [0.2, 0.25) is 5.91 Å². The summed E-state index contributed by atoms with van der Waals surface area (Å²) in [6.45, 7) is 12.7. The van der Waals surface area contributed by atoms with Crippen LogP contribution >= 0.6 is 0 Å². The third-order valence-electron chi connectivity index (χ3n) is 4.27. The quantitative estimate of drug-likeness (QED) is 0.498. The molecule has 1 rings (SSSR count). The van der Waals surface area contributed by atoms with Crippen LogP contribution in [0.5, 0.6) is 0 Å². The van der Waals surface area contributed by atoms with Gasteiger partial charge in [-0.05, 0) is 45.4 Å². The van der Waals surface area contributed by atoms with E-state index in [1.165, 1.54) is 6.42 Å². The highest BCUT2D eigenvalue weighted by Gasteiger charge is 2.16. The Bertz CT molecular complexity index is 379. The van der Waals surface area contributed by atoms with Gasteiger partial charge in [0.15, 0.2) is 5.96 Å². The first kappa shape index (κ1) is 20.7. The molecular formula is C18H36N4O2. The topological polar surface area (TPSA) is 66.0 Å². The maximum atomic E-state index is 12.2. The molecule has 2 N–H and O–H groups in total. The van der Waals surface area contributed by atoms with Crippen LogP contribution in [0.1, 0.15) is 53.4 Å². The molecule has 24 heavy (non-hydrogen) atoms. The Kier molecular flexibility index (Phi) is 10.5. The highest BCUT2D eigenvalue weighted by atomic mass is 16.5. The number of amides is 1. The van der Waals surface area contributed by atoms with Gasteiger partial charge in [-0.2, -0.15) is 0 Å². The van der Waals surface area contributed by atoms with Crippen LogP contribution in [0, 0.1) is 5.92 Å². The summed E-state index contributed by atoms with van der Waals surface area (Å²) in [5.41, 5.74) is 0. The fraction of sp³-hybridized carbons (Fsp3) is 0.889. The highest BCUT2D eigenvalue weighted by Crippen LogP contribution is 2.10. The normalized spacial score (nSPS) is 17.0. The number of nitrogens with one attached hydrogen (secondary N) is 2. The SMILES string of the molecule is CCNC(=NCC(=O)N1CCCCC1)NCCC(OCC)C(C)C. The van der Waals surface area contributed by atoms with Gasteiger partial charge >= 0.3 is 0 Å². The van der Waals surface area contributed by atoms with E-state index in [0.717, 1.165) is 52.0 Å². The number of piperidine rings is 1. The standard InChI is InChI=1S/C18H36N4O2/c1-5-19-18(20-11-10-16(15(3)4)24-6-2)21-14-17(23)22-12-8-7-9-13-22/h15-16H,5-14H2,1-4H3,(H2,19,20,21). The summed E-state index contributed by atoms with van der Waals surface area (Å²) in [5.74, 6) is 1.33. The molecule has 1 atom stereocenters. The van der Waals surface area contributed by atoms with E-state index in [1.54, 1.807) is 0 Å². The minimum absolute atomic E-state index is 0.126. The molecule has 6 nitrogen and oxygen atoms in total. The lowest BCUT2D eigenvalue weighted by atomic mass is 10.0. The summed E-state index contributed by atoms with van der Waals surface area (Å²) in [6.07, 6.45) is 4.63. The van der Waals surface area contributed by atoms with Gasteiger partial charge in [0.1, 0.15) is 6.54 Å². The van der Waals surface area contributed by atoms with Crippen LogP contribution in [0.4, 0.5) is 0 Å². The van der Waals surface area contributed by atoms with E-state index in [4.69, 9.17) is 4.74 Å². The maximum absolute atomic E-state index is 12.2. The van der Waals surface area contributed by atoms with Gasteiger partial charge in [-0.1, -0.05) is 13.8 Å². The van der Waals surface area contributed by atoms with Gasteiger partial charge in [-0.15, -0.1) is 0 Å². The van der Waals surface area contributed by atoms with Crippen molar-refractivity contribution in [3.05, 3.63) is 0 Å². The van der Waals surface area contributed by atoms with E-state index >= 15 is 0 Å². The molecule has 0 aromatic heterocycles. The van der Waals surface area contributed by atoms with Crippen molar-refractivity contribution < 1.29 is 9.53 Å². The number of carbonyl (C=O) groups excluding carboxylic acids is 1. The van der Waals surface area contributed by atoms with Gasteiger partial charge in [0.25, 0.3) is 0 Å². The zero-order valence-corrected chi connectivity index (χ0v) is 15.9. The fourth-order valence-electron chi connectivity index (χ4n) is 2.89. The molecular weight excluding hydrogens is 304 g/mol. The molecule has 0 saturated carbocycles. The highest BCUT2D eigenvalue weighted by molar-refractivity contribution is 5.84. The zero-order valence-electron chi connectivity index (χ0n) is 15.9. The van der Waals surface area contributed by atoms with Crippen molar-refractivity contribution in [2.75, 3.05) is 39.3 Å². The lowest BCUT2D eigenvalue weighted by Crippen LogP contribution is -2.41. The first-order valence-corrected chi connectivity index (χ1v) is 9.50. The Morgan fingerprint density at radius 3 is 2.46 bits per heavy atom. The van der Waals surface area contributed by atoms with E-state index in [9.17, 15) is 4.79 Å². The number of likely N-dealkylation sites (tertiary alicyclic amines) is 1. The summed E-state index contributed by atoms with van der Waals surface area (Å²) in [6, 6.07) is 0. The van der Waals surface area contributed by atoms with E-state index in [-0.39, 0.29) is 18.6 Å². The second-order valence-electron chi connectivity index (χ2n) is 6.59. The van der Waals surface area contributed by atoms with Crippen molar-refractivity contribution in [2.45, 2.75) is 59.5 Å². The third kappa shape index (κ3) is 7.99. The lowest BCUT2D eigenvalue weighted by molar-refractivity contribution is -0.130. The van der Waals surface area contributed by atoms with Crippen molar-refractivity contribution in [3.63, 3.8) is 0 Å². The third-order valence-corrected chi connectivity index (χ3v) is 4.27. The van der Waals surface area contributed by atoms with Crippen LogP contribution in [0.15, 0.2) is 4.99 Å².